The first-order valence-electron chi connectivity index (χ1n) is 8.49. The summed E-state index contributed by atoms with van der Waals surface area (Å²) in [6.45, 7) is 11.0. The first-order valence-corrected chi connectivity index (χ1v) is 8.49. The lowest BCUT2D eigenvalue weighted by Crippen LogP contribution is -2.47. The molecule has 0 aliphatic carbocycles. The fraction of sp³-hybridized carbons (Fsp3) is 0.632. The number of carbonyl (C=O) groups excluding carboxylic acids is 1. The lowest BCUT2D eigenvalue weighted by atomic mass is 10.0. The Morgan fingerprint density at radius 2 is 1.68 bits per heavy atom. The third-order valence-electron chi connectivity index (χ3n) is 3.54. The molecule has 0 unspecified atom stereocenters. The van der Waals surface area contributed by atoms with Gasteiger partial charge in [0.15, 0.2) is 11.5 Å². The molecular formula is C19H32N2O4. The van der Waals surface area contributed by atoms with Crippen molar-refractivity contribution in [2.45, 2.75) is 58.7 Å². The van der Waals surface area contributed by atoms with Gasteiger partial charge in [0.2, 0.25) is 0 Å². The van der Waals surface area contributed by atoms with E-state index in [1.807, 2.05) is 52.8 Å². The van der Waals surface area contributed by atoms with Gasteiger partial charge < -0.3 is 24.8 Å². The number of ether oxygens (including phenoxy) is 3. The Morgan fingerprint density at radius 1 is 1.04 bits per heavy atom. The molecule has 2 N–H and O–H groups in total. The quantitative estimate of drug-likeness (QED) is 0.701. The molecule has 0 saturated carbocycles. The van der Waals surface area contributed by atoms with Gasteiger partial charge in [0, 0.05) is 12.1 Å². The molecule has 0 radical (unpaired) electrons. The number of alkyl carbamates (subject to hydrolysis) is 1. The molecule has 1 aromatic carbocycles. The lowest BCUT2D eigenvalue weighted by molar-refractivity contribution is 0.0468. The molecular weight excluding hydrogens is 320 g/mol. The van der Waals surface area contributed by atoms with Gasteiger partial charge in [0.1, 0.15) is 5.60 Å². The summed E-state index contributed by atoms with van der Waals surface area (Å²) in [5.41, 5.74) is 0.259. The van der Waals surface area contributed by atoms with Crippen LogP contribution in [0, 0.1) is 0 Å². The number of benzene rings is 1. The number of methoxy groups -OCH3 is 2. The first kappa shape index (κ1) is 21.1. The zero-order valence-corrected chi connectivity index (χ0v) is 16.5. The molecule has 142 valence electrons. The maximum Gasteiger partial charge on any atom is 0.408 e. The van der Waals surface area contributed by atoms with Gasteiger partial charge in [-0.25, -0.2) is 4.79 Å². The van der Waals surface area contributed by atoms with Gasteiger partial charge in [-0.1, -0.05) is 6.07 Å². The van der Waals surface area contributed by atoms with E-state index in [2.05, 4.69) is 10.6 Å². The second kappa shape index (κ2) is 8.94. The highest BCUT2D eigenvalue weighted by atomic mass is 16.6. The fourth-order valence-corrected chi connectivity index (χ4v) is 2.27. The largest absolute Gasteiger partial charge is 0.493 e. The zero-order chi connectivity index (χ0) is 19.1. The van der Waals surface area contributed by atoms with Crippen LogP contribution in [-0.2, 0) is 11.3 Å². The van der Waals surface area contributed by atoms with E-state index >= 15 is 0 Å². The topological polar surface area (TPSA) is 68.8 Å². The summed E-state index contributed by atoms with van der Waals surface area (Å²) in [6.07, 6.45) is 0.386. The molecule has 0 spiro atoms. The van der Waals surface area contributed by atoms with Crippen LogP contribution >= 0.6 is 0 Å². The van der Waals surface area contributed by atoms with Crippen molar-refractivity contribution in [3.8, 4) is 11.5 Å². The lowest BCUT2D eigenvalue weighted by Gasteiger charge is -2.28. The SMILES string of the molecule is COc1ccc(CNCCC(C)(C)NC(=O)OC(C)(C)C)cc1OC. The summed E-state index contributed by atoms with van der Waals surface area (Å²) in [5.74, 6) is 1.43. The molecule has 25 heavy (non-hydrogen) atoms. The van der Waals surface area contributed by atoms with Crippen molar-refractivity contribution < 1.29 is 19.0 Å². The third-order valence-corrected chi connectivity index (χ3v) is 3.54. The van der Waals surface area contributed by atoms with Crippen molar-refractivity contribution in [1.82, 2.24) is 10.6 Å². The Labute approximate surface area is 151 Å². The van der Waals surface area contributed by atoms with Crippen molar-refractivity contribution in [1.29, 1.82) is 0 Å². The van der Waals surface area contributed by atoms with Crippen LogP contribution in [0.4, 0.5) is 4.79 Å². The van der Waals surface area contributed by atoms with Crippen molar-refractivity contribution >= 4 is 6.09 Å². The maximum absolute atomic E-state index is 11.9. The van der Waals surface area contributed by atoms with Crippen molar-refractivity contribution in [3.05, 3.63) is 23.8 Å². The van der Waals surface area contributed by atoms with Gasteiger partial charge in [-0.2, -0.15) is 0 Å². The molecule has 6 heteroatoms. The highest BCUT2D eigenvalue weighted by Crippen LogP contribution is 2.27. The second-order valence-electron chi connectivity index (χ2n) is 7.63. The summed E-state index contributed by atoms with van der Waals surface area (Å²) in [5, 5.41) is 6.29. The highest BCUT2D eigenvalue weighted by Gasteiger charge is 2.24. The van der Waals surface area contributed by atoms with Gasteiger partial charge in [-0.05, 0) is 65.3 Å². The van der Waals surface area contributed by atoms with E-state index in [-0.39, 0.29) is 5.54 Å². The minimum Gasteiger partial charge on any atom is -0.493 e. The van der Waals surface area contributed by atoms with E-state index in [9.17, 15) is 4.79 Å². The normalized spacial score (nSPS) is 11.8. The maximum atomic E-state index is 11.9. The van der Waals surface area contributed by atoms with E-state index in [0.717, 1.165) is 18.5 Å². The minimum absolute atomic E-state index is 0.354. The summed E-state index contributed by atoms with van der Waals surface area (Å²) >= 11 is 0. The number of nitrogens with one attached hydrogen (secondary N) is 2. The van der Waals surface area contributed by atoms with E-state index < -0.39 is 11.7 Å². The Hall–Kier alpha value is -1.95. The van der Waals surface area contributed by atoms with E-state index in [1.54, 1.807) is 14.2 Å². The van der Waals surface area contributed by atoms with E-state index in [4.69, 9.17) is 14.2 Å². The molecule has 0 aliphatic heterocycles. The number of rotatable bonds is 8. The molecule has 1 rings (SSSR count). The van der Waals surface area contributed by atoms with E-state index in [1.165, 1.54) is 0 Å². The van der Waals surface area contributed by atoms with Crippen LogP contribution in [0.3, 0.4) is 0 Å². The molecule has 0 bridgehead atoms. The van der Waals surface area contributed by atoms with Gasteiger partial charge in [-0.15, -0.1) is 0 Å². The smallest absolute Gasteiger partial charge is 0.408 e. The van der Waals surface area contributed by atoms with Gasteiger partial charge in [0.25, 0.3) is 0 Å². The van der Waals surface area contributed by atoms with Gasteiger partial charge in [0.05, 0.1) is 14.2 Å². The van der Waals surface area contributed by atoms with Crippen LogP contribution in [0.1, 0.15) is 46.6 Å². The molecule has 0 saturated heterocycles. The molecule has 0 fully saturated rings. The molecule has 1 amide bonds. The molecule has 0 atom stereocenters. The third kappa shape index (κ3) is 8.12. The number of hydrogen-bond acceptors (Lipinski definition) is 5. The molecule has 0 heterocycles. The van der Waals surface area contributed by atoms with E-state index in [0.29, 0.717) is 18.0 Å². The average Bonchev–Trinajstić information content (AvgIpc) is 2.48. The Kier molecular flexibility index (Phi) is 7.55. The summed E-state index contributed by atoms with van der Waals surface area (Å²) in [4.78, 5) is 11.9. The summed E-state index contributed by atoms with van der Waals surface area (Å²) < 4.78 is 15.8. The van der Waals surface area contributed by atoms with Crippen LogP contribution < -0.4 is 20.1 Å². The zero-order valence-electron chi connectivity index (χ0n) is 16.5. The van der Waals surface area contributed by atoms with Crippen LogP contribution in [-0.4, -0.2) is 38.0 Å². The number of amides is 1. The predicted octanol–water partition coefficient (Wildman–Crippen LogP) is 3.49. The Morgan fingerprint density at radius 3 is 2.24 bits per heavy atom. The average molecular weight is 352 g/mol. The van der Waals surface area contributed by atoms with Crippen molar-refractivity contribution in [2.75, 3.05) is 20.8 Å². The second-order valence-corrected chi connectivity index (χ2v) is 7.63. The molecule has 0 aliphatic rings. The number of carbonyl (C=O) groups is 1. The highest BCUT2D eigenvalue weighted by molar-refractivity contribution is 5.68. The summed E-state index contributed by atoms with van der Waals surface area (Å²) in [7, 11) is 3.25. The predicted molar refractivity (Wildman–Crippen MR) is 99.3 cm³/mol. The van der Waals surface area contributed by atoms with Crippen molar-refractivity contribution in [2.24, 2.45) is 0 Å². The van der Waals surface area contributed by atoms with Crippen LogP contribution in [0.25, 0.3) is 0 Å². The van der Waals surface area contributed by atoms with Crippen LogP contribution in [0.5, 0.6) is 11.5 Å². The van der Waals surface area contributed by atoms with Gasteiger partial charge >= 0.3 is 6.09 Å². The molecule has 0 aromatic heterocycles. The Balaban J connectivity index is 2.42. The molecule has 1 aromatic rings. The first-order chi connectivity index (χ1) is 11.6. The molecule has 6 nitrogen and oxygen atoms in total. The van der Waals surface area contributed by atoms with Crippen LogP contribution in [0.15, 0.2) is 18.2 Å². The number of hydrogen-bond donors (Lipinski definition) is 2. The van der Waals surface area contributed by atoms with Gasteiger partial charge in [-0.3, -0.25) is 0 Å². The Bertz CT molecular complexity index is 565. The summed E-state index contributed by atoms with van der Waals surface area (Å²) in [6, 6.07) is 5.85. The van der Waals surface area contributed by atoms with Crippen molar-refractivity contribution in [3.63, 3.8) is 0 Å². The standard InChI is InChI=1S/C19H32N2O4/c1-18(2,3)25-17(22)21-19(4,5)10-11-20-13-14-8-9-15(23-6)16(12-14)24-7/h8-9,12,20H,10-11,13H2,1-7H3,(H,21,22). The fourth-order valence-electron chi connectivity index (χ4n) is 2.27. The van der Waals surface area contributed by atoms with Crippen LogP contribution in [0.2, 0.25) is 0 Å². The minimum atomic E-state index is -0.494. The monoisotopic (exact) mass is 352 g/mol.